The predicted molar refractivity (Wildman–Crippen MR) is 108 cm³/mol. The molecule has 4 heteroatoms. The summed E-state index contributed by atoms with van der Waals surface area (Å²) in [6, 6.07) is 14.6. The molecule has 3 rings (SSSR count). The molecule has 1 aliphatic rings. The number of piperidine rings is 1. The van der Waals surface area contributed by atoms with Crippen LogP contribution in [0, 0.1) is 13.8 Å². The Bertz CT molecular complexity index is 749. The van der Waals surface area contributed by atoms with Crippen LogP contribution in [0.3, 0.4) is 0 Å². The zero-order valence-electron chi connectivity index (χ0n) is 15.6. The van der Waals surface area contributed by atoms with Gasteiger partial charge in [0.15, 0.2) is 0 Å². The highest BCUT2D eigenvalue weighted by Gasteiger charge is 2.20. The average molecular weight is 371 g/mol. The van der Waals surface area contributed by atoms with Gasteiger partial charge in [-0.05, 0) is 61.1 Å². The molecule has 26 heavy (non-hydrogen) atoms. The van der Waals surface area contributed by atoms with Crippen LogP contribution in [0.5, 0.6) is 0 Å². The highest BCUT2D eigenvalue weighted by Crippen LogP contribution is 2.16. The molecular formula is C22H27ClN2O. The van der Waals surface area contributed by atoms with Gasteiger partial charge in [-0.2, -0.15) is 0 Å². The van der Waals surface area contributed by atoms with Gasteiger partial charge in [0.2, 0.25) is 5.91 Å². The number of likely N-dealkylation sites (tertiary alicyclic amines) is 1. The Morgan fingerprint density at radius 1 is 1.04 bits per heavy atom. The molecular weight excluding hydrogens is 344 g/mol. The molecule has 0 saturated carbocycles. The Labute approximate surface area is 161 Å². The Morgan fingerprint density at radius 2 is 1.69 bits per heavy atom. The molecule has 3 nitrogen and oxygen atoms in total. The smallest absolute Gasteiger partial charge is 0.224 e. The standard InChI is InChI=1S/C22H27ClN2O/c1-16-3-4-19(13-17(16)2)14-22(26)24-21-9-11-25(12-10-21)15-18-5-7-20(23)8-6-18/h3-8,13,21H,9-12,14-15H2,1-2H3,(H,24,26). The lowest BCUT2D eigenvalue weighted by molar-refractivity contribution is -0.121. The first-order valence-corrected chi connectivity index (χ1v) is 9.69. The van der Waals surface area contributed by atoms with E-state index in [9.17, 15) is 4.79 Å². The van der Waals surface area contributed by atoms with Crippen LogP contribution in [0.1, 0.15) is 35.1 Å². The maximum atomic E-state index is 12.3. The highest BCUT2D eigenvalue weighted by atomic mass is 35.5. The fourth-order valence-corrected chi connectivity index (χ4v) is 3.59. The van der Waals surface area contributed by atoms with Gasteiger partial charge < -0.3 is 5.32 Å². The molecule has 1 fully saturated rings. The fourth-order valence-electron chi connectivity index (χ4n) is 3.46. The van der Waals surface area contributed by atoms with Crippen LogP contribution in [0.2, 0.25) is 5.02 Å². The topological polar surface area (TPSA) is 32.3 Å². The number of nitrogens with zero attached hydrogens (tertiary/aromatic N) is 1. The lowest BCUT2D eigenvalue weighted by Crippen LogP contribution is -2.44. The van der Waals surface area contributed by atoms with Crippen molar-refractivity contribution in [2.75, 3.05) is 13.1 Å². The monoisotopic (exact) mass is 370 g/mol. The van der Waals surface area contributed by atoms with Crippen molar-refractivity contribution in [1.82, 2.24) is 10.2 Å². The summed E-state index contributed by atoms with van der Waals surface area (Å²) in [5.41, 5.74) is 4.88. The third kappa shape index (κ3) is 5.33. The minimum absolute atomic E-state index is 0.129. The van der Waals surface area contributed by atoms with Crippen LogP contribution in [0.25, 0.3) is 0 Å². The van der Waals surface area contributed by atoms with Crippen LogP contribution >= 0.6 is 11.6 Å². The van der Waals surface area contributed by atoms with E-state index in [1.165, 1.54) is 16.7 Å². The molecule has 2 aromatic carbocycles. The third-order valence-electron chi connectivity index (χ3n) is 5.21. The van der Waals surface area contributed by atoms with Crippen molar-refractivity contribution in [1.29, 1.82) is 0 Å². The van der Waals surface area contributed by atoms with Gasteiger partial charge in [-0.25, -0.2) is 0 Å². The van der Waals surface area contributed by atoms with Crippen molar-refractivity contribution in [2.24, 2.45) is 0 Å². The molecule has 0 aliphatic carbocycles. The molecule has 1 N–H and O–H groups in total. The summed E-state index contributed by atoms with van der Waals surface area (Å²) in [6.07, 6.45) is 2.48. The first-order chi connectivity index (χ1) is 12.5. The zero-order chi connectivity index (χ0) is 18.5. The van der Waals surface area contributed by atoms with Gasteiger partial charge >= 0.3 is 0 Å². The number of hydrogen-bond donors (Lipinski definition) is 1. The maximum Gasteiger partial charge on any atom is 0.224 e. The first-order valence-electron chi connectivity index (χ1n) is 9.32. The van der Waals surface area contributed by atoms with E-state index in [0.29, 0.717) is 6.42 Å². The molecule has 2 aromatic rings. The normalized spacial score (nSPS) is 15.8. The number of aryl methyl sites for hydroxylation is 2. The summed E-state index contributed by atoms with van der Waals surface area (Å²) in [7, 11) is 0. The van der Waals surface area contributed by atoms with E-state index in [4.69, 9.17) is 11.6 Å². The molecule has 1 saturated heterocycles. The van der Waals surface area contributed by atoms with E-state index >= 15 is 0 Å². The second-order valence-electron chi connectivity index (χ2n) is 7.34. The third-order valence-corrected chi connectivity index (χ3v) is 5.46. The number of halogens is 1. The highest BCUT2D eigenvalue weighted by molar-refractivity contribution is 6.30. The van der Waals surface area contributed by atoms with Gasteiger partial charge in [-0.1, -0.05) is 41.9 Å². The number of amides is 1. The maximum absolute atomic E-state index is 12.3. The van der Waals surface area contributed by atoms with E-state index < -0.39 is 0 Å². The predicted octanol–water partition coefficient (Wildman–Crippen LogP) is 4.28. The second-order valence-corrected chi connectivity index (χ2v) is 7.78. The molecule has 0 radical (unpaired) electrons. The molecule has 1 amide bonds. The van der Waals surface area contributed by atoms with Crippen molar-refractivity contribution in [3.63, 3.8) is 0 Å². The molecule has 0 spiro atoms. The van der Waals surface area contributed by atoms with Crippen LogP contribution in [0.4, 0.5) is 0 Å². The minimum Gasteiger partial charge on any atom is -0.353 e. The van der Waals surface area contributed by atoms with Crippen LogP contribution in [-0.4, -0.2) is 29.9 Å². The van der Waals surface area contributed by atoms with Crippen molar-refractivity contribution in [2.45, 2.75) is 45.7 Å². The SMILES string of the molecule is Cc1ccc(CC(=O)NC2CCN(Cc3ccc(Cl)cc3)CC2)cc1C. The van der Waals surface area contributed by atoms with Crippen LogP contribution in [-0.2, 0) is 17.8 Å². The van der Waals surface area contributed by atoms with Crippen molar-refractivity contribution in [3.8, 4) is 0 Å². The molecule has 1 aliphatic heterocycles. The first kappa shape index (κ1) is 18.9. The summed E-state index contributed by atoms with van der Waals surface area (Å²) in [6.45, 7) is 7.15. The molecule has 0 atom stereocenters. The number of nitrogens with one attached hydrogen (secondary N) is 1. The van der Waals surface area contributed by atoms with E-state index in [1.54, 1.807) is 0 Å². The molecule has 0 aromatic heterocycles. The fraction of sp³-hybridized carbons (Fsp3) is 0.409. The van der Waals surface area contributed by atoms with E-state index in [2.05, 4.69) is 54.4 Å². The Morgan fingerprint density at radius 3 is 2.35 bits per heavy atom. The summed E-state index contributed by atoms with van der Waals surface area (Å²) in [5, 5.41) is 3.99. The zero-order valence-corrected chi connectivity index (χ0v) is 16.4. The summed E-state index contributed by atoms with van der Waals surface area (Å²) in [5.74, 6) is 0.129. The number of carbonyl (C=O) groups excluding carboxylic acids is 1. The minimum atomic E-state index is 0.129. The summed E-state index contributed by atoms with van der Waals surface area (Å²) < 4.78 is 0. The van der Waals surface area contributed by atoms with E-state index in [-0.39, 0.29) is 11.9 Å². The summed E-state index contributed by atoms with van der Waals surface area (Å²) in [4.78, 5) is 14.8. The van der Waals surface area contributed by atoms with Crippen LogP contribution in [0.15, 0.2) is 42.5 Å². The molecule has 0 unspecified atom stereocenters. The molecule has 138 valence electrons. The number of rotatable bonds is 5. The van der Waals surface area contributed by atoms with Gasteiger partial charge in [-0.15, -0.1) is 0 Å². The van der Waals surface area contributed by atoms with Gasteiger partial charge in [0.25, 0.3) is 0 Å². The number of carbonyl (C=O) groups is 1. The average Bonchev–Trinajstić information content (AvgIpc) is 2.62. The van der Waals surface area contributed by atoms with Crippen molar-refractivity contribution < 1.29 is 4.79 Å². The van der Waals surface area contributed by atoms with Gasteiger partial charge in [0, 0.05) is 30.7 Å². The second kappa shape index (κ2) is 8.70. The van der Waals surface area contributed by atoms with Crippen molar-refractivity contribution in [3.05, 3.63) is 69.7 Å². The van der Waals surface area contributed by atoms with Gasteiger partial charge in [-0.3, -0.25) is 9.69 Å². The lowest BCUT2D eigenvalue weighted by atomic mass is 10.0. The Kier molecular flexibility index (Phi) is 6.33. The lowest BCUT2D eigenvalue weighted by Gasteiger charge is -2.32. The van der Waals surface area contributed by atoms with Crippen molar-refractivity contribution >= 4 is 17.5 Å². The molecule has 0 bridgehead atoms. The van der Waals surface area contributed by atoms with Crippen LogP contribution < -0.4 is 5.32 Å². The number of benzene rings is 2. The van der Waals surface area contributed by atoms with Gasteiger partial charge in [0.05, 0.1) is 6.42 Å². The van der Waals surface area contributed by atoms with E-state index in [0.717, 1.165) is 43.1 Å². The van der Waals surface area contributed by atoms with Gasteiger partial charge in [0.1, 0.15) is 0 Å². The summed E-state index contributed by atoms with van der Waals surface area (Å²) >= 11 is 5.94. The Balaban J connectivity index is 1.43. The Hall–Kier alpha value is -1.84. The largest absolute Gasteiger partial charge is 0.353 e. The molecule has 1 heterocycles. The number of hydrogen-bond acceptors (Lipinski definition) is 2. The van der Waals surface area contributed by atoms with E-state index in [1.807, 2.05) is 12.1 Å². The quantitative estimate of drug-likeness (QED) is 0.851.